The third-order valence-corrected chi connectivity index (χ3v) is 3.16. The molecule has 0 rings (SSSR count). The highest BCUT2D eigenvalue weighted by Crippen LogP contribution is 2.22. The van der Waals surface area contributed by atoms with Gasteiger partial charge in [-0.3, -0.25) is 4.79 Å². The van der Waals surface area contributed by atoms with Crippen molar-refractivity contribution in [3.63, 3.8) is 0 Å². The third-order valence-electron chi connectivity index (χ3n) is 3.16. The highest BCUT2D eigenvalue weighted by atomic mass is 16.4. The molecule has 7 nitrogen and oxygen atoms in total. The molecule has 0 saturated carbocycles. The lowest BCUT2D eigenvalue weighted by molar-refractivity contribution is -0.141. The normalized spacial score (nSPS) is 14.4. The van der Waals surface area contributed by atoms with Crippen molar-refractivity contribution in [3.8, 4) is 0 Å². The van der Waals surface area contributed by atoms with Crippen molar-refractivity contribution in [3.05, 3.63) is 0 Å². The average molecular weight is 273 g/mol. The van der Waals surface area contributed by atoms with Gasteiger partial charge in [0.25, 0.3) is 0 Å². The molecule has 0 bridgehead atoms. The standard InChI is InChI=1S/C12H23N3O4/c1-7(12(2,3)4)15(5)11(19)14-8(10(17)18)6-9(13)16/h7-8H,6H2,1-5H3,(H2,13,16)(H,14,19)(H,17,18). The molecule has 0 radical (unpaired) electrons. The molecule has 7 heteroatoms. The van der Waals surface area contributed by atoms with E-state index in [2.05, 4.69) is 5.32 Å². The summed E-state index contributed by atoms with van der Waals surface area (Å²) in [5.74, 6) is -2.07. The fraction of sp³-hybridized carbons (Fsp3) is 0.750. The molecule has 110 valence electrons. The van der Waals surface area contributed by atoms with Crippen molar-refractivity contribution < 1.29 is 19.5 Å². The van der Waals surface area contributed by atoms with Crippen molar-refractivity contribution in [1.29, 1.82) is 0 Å². The molecule has 0 aromatic rings. The Bertz CT molecular complexity index is 362. The molecule has 0 spiro atoms. The first-order chi connectivity index (χ1) is 8.46. The second kappa shape index (κ2) is 6.40. The van der Waals surface area contributed by atoms with Gasteiger partial charge in [0, 0.05) is 13.1 Å². The Morgan fingerprint density at radius 3 is 2.11 bits per heavy atom. The Labute approximate surface area is 113 Å². The van der Waals surface area contributed by atoms with Crippen molar-refractivity contribution in [2.75, 3.05) is 7.05 Å². The van der Waals surface area contributed by atoms with Gasteiger partial charge in [0.15, 0.2) is 0 Å². The Balaban J connectivity index is 4.73. The highest BCUT2D eigenvalue weighted by molar-refractivity contribution is 5.87. The summed E-state index contributed by atoms with van der Waals surface area (Å²) in [7, 11) is 1.58. The van der Waals surface area contributed by atoms with Crippen molar-refractivity contribution in [1.82, 2.24) is 10.2 Å². The number of carboxylic acid groups (broad SMARTS) is 1. The molecule has 0 aliphatic rings. The second-order valence-corrected chi connectivity index (χ2v) is 5.66. The van der Waals surface area contributed by atoms with Crippen LogP contribution < -0.4 is 11.1 Å². The number of hydrogen-bond donors (Lipinski definition) is 3. The first-order valence-corrected chi connectivity index (χ1v) is 6.01. The Kier molecular flexibility index (Phi) is 5.80. The molecule has 19 heavy (non-hydrogen) atoms. The molecule has 0 aliphatic heterocycles. The Morgan fingerprint density at radius 1 is 1.32 bits per heavy atom. The second-order valence-electron chi connectivity index (χ2n) is 5.66. The number of nitrogens with zero attached hydrogens (tertiary/aromatic N) is 1. The number of nitrogens with two attached hydrogens (primary N) is 1. The molecular weight excluding hydrogens is 250 g/mol. The van der Waals surface area contributed by atoms with Crippen LogP contribution in [0, 0.1) is 5.41 Å². The van der Waals surface area contributed by atoms with Gasteiger partial charge in [-0.2, -0.15) is 0 Å². The third kappa shape index (κ3) is 5.58. The molecule has 0 fully saturated rings. The zero-order valence-electron chi connectivity index (χ0n) is 12.1. The van der Waals surface area contributed by atoms with Crippen LogP contribution in [0.3, 0.4) is 0 Å². The first-order valence-electron chi connectivity index (χ1n) is 6.01. The molecule has 0 heterocycles. The maximum absolute atomic E-state index is 11.9. The van der Waals surface area contributed by atoms with Gasteiger partial charge in [0.05, 0.1) is 6.42 Å². The van der Waals surface area contributed by atoms with Crippen LogP contribution in [-0.2, 0) is 9.59 Å². The molecule has 2 atom stereocenters. The summed E-state index contributed by atoms with van der Waals surface area (Å²) < 4.78 is 0. The van der Waals surface area contributed by atoms with Gasteiger partial charge in [0.1, 0.15) is 6.04 Å². The molecule has 2 unspecified atom stereocenters. The molecule has 0 saturated heterocycles. The van der Waals surface area contributed by atoms with E-state index >= 15 is 0 Å². The van der Waals surface area contributed by atoms with Gasteiger partial charge in [-0.1, -0.05) is 20.8 Å². The lowest BCUT2D eigenvalue weighted by Gasteiger charge is -2.35. The van der Waals surface area contributed by atoms with Gasteiger partial charge in [-0.15, -0.1) is 0 Å². The zero-order chi connectivity index (χ0) is 15.4. The van der Waals surface area contributed by atoms with Crippen LogP contribution in [0.15, 0.2) is 0 Å². The Hall–Kier alpha value is -1.79. The minimum absolute atomic E-state index is 0.101. The predicted molar refractivity (Wildman–Crippen MR) is 70.4 cm³/mol. The zero-order valence-corrected chi connectivity index (χ0v) is 12.1. The highest BCUT2D eigenvalue weighted by Gasteiger charge is 2.30. The molecule has 0 aromatic heterocycles. The molecule has 4 N–H and O–H groups in total. The molecule has 3 amide bonds. The number of amides is 3. The van der Waals surface area contributed by atoms with E-state index in [1.807, 2.05) is 27.7 Å². The van der Waals surface area contributed by atoms with Crippen LogP contribution >= 0.6 is 0 Å². The van der Waals surface area contributed by atoms with Crippen molar-refractivity contribution in [2.24, 2.45) is 11.1 Å². The monoisotopic (exact) mass is 273 g/mol. The van der Waals surface area contributed by atoms with E-state index in [9.17, 15) is 14.4 Å². The minimum atomic E-state index is -1.31. The number of hydrogen-bond acceptors (Lipinski definition) is 3. The number of primary amides is 1. The van der Waals surface area contributed by atoms with Gasteiger partial charge in [0.2, 0.25) is 5.91 Å². The van der Waals surface area contributed by atoms with E-state index in [4.69, 9.17) is 10.8 Å². The summed E-state index contributed by atoms with van der Waals surface area (Å²) in [5.41, 5.74) is 4.80. The number of rotatable bonds is 5. The van der Waals surface area contributed by atoms with Crippen molar-refractivity contribution >= 4 is 17.9 Å². The van der Waals surface area contributed by atoms with E-state index in [1.54, 1.807) is 7.05 Å². The fourth-order valence-electron chi connectivity index (χ4n) is 1.41. The smallest absolute Gasteiger partial charge is 0.326 e. The molecule has 0 aromatic carbocycles. The molecular formula is C12H23N3O4. The van der Waals surface area contributed by atoms with Gasteiger partial charge >= 0.3 is 12.0 Å². The van der Waals surface area contributed by atoms with Crippen LogP contribution in [0.25, 0.3) is 0 Å². The Morgan fingerprint density at radius 2 is 1.79 bits per heavy atom. The number of carbonyl (C=O) groups excluding carboxylic acids is 2. The van der Waals surface area contributed by atoms with Gasteiger partial charge in [-0.05, 0) is 12.3 Å². The summed E-state index contributed by atoms with van der Waals surface area (Å²) in [6.07, 6.45) is -0.432. The van der Waals surface area contributed by atoms with Crippen LogP contribution in [0.5, 0.6) is 0 Å². The number of carbonyl (C=O) groups is 3. The number of nitrogens with one attached hydrogen (secondary N) is 1. The minimum Gasteiger partial charge on any atom is -0.480 e. The topological polar surface area (TPSA) is 113 Å². The lowest BCUT2D eigenvalue weighted by Crippen LogP contribution is -2.52. The van der Waals surface area contributed by atoms with Crippen LogP contribution in [0.2, 0.25) is 0 Å². The van der Waals surface area contributed by atoms with Crippen LogP contribution in [0.1, 0.15) is 34.1 Å². The number of aliphatic carboxylic acids is 1. The van der Waals surface area contributed by atoms with Crippen LogP contribution in [0.4, 0.5) is 4.79 Å². The first kappa shape index (κ1) is 17.2. The van der Waals surface area contributed by atoms with E-state index in [0.29, 0.717) is 0 Å². The summed E-state index contributed by atoms with van der Waals surface area (Å²) >= 11 is 0. The SMILES string of the molecule is CC(N(C)C(=O)NC(CC(N)=O)C(=O)O)C(C)(C)C. The summed E-state index contributed by atoms with van der Waals surface area (Å²) in [4.78, 5) is 35.0. The fourth-order valence-corrected chi connectivity index (χ4v) is 1.41. The van der Waals surface area contributed by atoms with Gasteiger partial charge in [-0.25, -0.2) is 9.59 Å². The lowest BCUT2D eigenvalue weighted by atomic mass is 9.87. The number of carboxylic acids is 1. The number of urea groups is 1. The maximum atomic E-state index is 11.9. The van der Waals surface area contributed by atoms with Crippen LogP contribution in [-0.4, -0.2) is 47.0 Å². The van der Waals surface area contributed by atoms with Crippen molar-refractivity contribution in [2.45, 2.75) is 46.2 Å². The maximum Gasteiger partial charge on any atom is 0.326 e. The van der Waals surface area contributed by atoms with E-state index in [-0.39, 0.29) is 11.5 Å². The van der Waals surface area contributed by atoms with E-state index < -0.39 is 30.4 Å². The summed E-state index contributed by atoms with van der Waals surface area (Å²) in [5, 5.41) is 11.2. The molecule has 0 aliphatic carbocycles. The van der Waals surface area contributed by atoms with E-state index in [0.717, 1.165) is 0 Å². The largest absolute Gasteiger partial charge is 0.480 e. The predicted octanol–water partition coefficient (Wildman–Crippen LogP) is 0.391. The summed E-state index contributed by atoms with van der Waals surface area (Å²) in [6, 6.07) is -1.95. The average Bonchev–Trinajstić information content (AvgIpc) is 2.23. The summed E-state index contributed by atoms with van der Waals surface area (Å²) in [6.45, 7) is 7.78. The van der Waals surface area contributed by atoms with Gasteiger partial charge < -0.3 is 21.1 Å². The quantitative estimate of drug-likeness (QED) is 0.672. The van der Waals surface area contributed by atoms with E-state index in [1.165, 1.54) is 4.90 Å².